The molecule has 0 aliphatic heterocycles. The number of carbonyl (C=O) groups is 1. The molecule has 0 bridgehead atoms. The van der Waals surface area contributed by atoms with E-state index >= 15 is 0 Å². The first-order valence-corrected chi connectivity index (χ1v) is 5.66. The third-order valence-electron chi connectivity index (χ3n) is 2.60. The van der Waals surface area contributed by atoms with E-state index in [1.807, 2.05) is 6.07 Å². The average molecular weight is 231 g/mol. The van der Waals surface area contributed by atoms with Crippen LogP contribution in [0.3, 0.4) is 0 Å². The minimum Gasteiger partial charge on any atom is -0.330 e. The number of benzene rings is 1. The van der Waals surface area contributed by atoms with Crippen molar-refractivity contribution in [2.45, 2.75) is 19.3 Å². The summed E-state index contributed by atoms with van der Waals surface area (Å²) in [6.07, 6.45) is 2.10. The zero-order chi connectivity index (χ0) is 12.7. The van der Waals surface area contributed by atoms with E-state index < -0.39 is 0 Å². The molecule has 17 heavy (non-hydrogen) atoms. The summed E-state index contributed by atoms with van der Waals surface area (Å²) in [5.74, 6) is 0.0150. The average Bonchev–Trinajstić information content (AvgIpc) is 2.38. The van der Waals surface area contributed by atoms with Gasteiger partial charge in [-0.1, -0.05) is 12.1 Å². The zero-order valence-electron chi connectivity index (χ0n) is 10.0. The summed E-state index contributed by atoms with van der Waals surface area (Å²) in [7, 11) is 1.70. The van der Waals surface area contributed by atoms with Gasteiger partial charge in [0.15, 0.2) is 0 Å². The van der Waals surface area contributed by atoms with Crippen molar-refractivity contribution in [3.8, 4) is 6.07 Å². The molecular formula is C13H17N3O. The van der Waals surface area contributed by atoms with E-state index in [4.69, 9.17) is 11.0 Å². The number of para-hydroxylation sites is 1. The minimum atomic E-state index is 0.0150. The molecule has 0 heterocycles. The van der Waals surface area contributed by atoms with E-state index in [1.165, 1.54) is 4.90 Å². The van der Waals surface area contributed by atoms with Crippen molar-refractivity contribution in [2.24, 2.45) is 5.73 Å². The van der Waals surface area contributed by atoms with E-state index in [0.717, 1.165) is 12.8 Å². The second-order valence-corrected chi connectivity index (χ2v) is 3.83. The fourth-order valence-electron chi connectivity index (χ4n) is 1.58. The van der Waals surface area contributed by atoms with Gasteiger partial charge < -0.3 is 10.6 Å². The quantitative estimate of drug-likeness (QED) is 0.783. The number of hydrogen-bond donors (Lipinski definition) is 1. The van der Waals surface area contributed by atoms with Gasteiger partial charge in [0.05, 0.1) is 11.3 Å². The number of amides is 1. The number of unbranched alkanes of at least 4 members (excludes halogenated alkanes) is 1. The maximum absolute atomic E-state index is 11.9. The molecule has 2 N–H and O–H groups in total. The van der Waals surface area contributed by atoms with Gasteiger partial charge in [-0.2, -0.15) is 5.26 Å². The van der Waals surface area contributed by atoms with Crippen molar-refractivity contribution in [3.63, 3.8) is 0 Å². The Labute approximate surface area is 102 Å². The van der Waals surface area contributed by atoms with Gasteiger partial charge >= 0.3 is 0 Å². The van der Waals surface area contributed by atoms with E-state index in [2.05, 4.69) is 6.07 Å². The second kappa shape index (κ2) is 6.66. The Morgan fingerprint density at radius 3 is 2.76 bits per heavy atom. The van der Waals surface area contributed by atoms with Crippen LogP contribution in [0, 0.1) is 11.3 Å². The predicted octanol–water partition coefficient (Wildman–Crippen LogP) is 1.65. The maximum Gasteiger partial charge on any atom is 0.226 e. The molecule has 1 amide bonds. The van der Waals surface area contributed by atoms with Crippen LogP contribution in [0.2, 0.25) is 0 Å². The molecule has 0 unspecified atom stereocenters. The summed E-state index contributed by atoms with van der Waals surface area (Å²) in [4.78, 5) is 13.4. The molecule has 0 spiro atoms. The molecule has 0 aliphatic carbocycles. The Morgan fingerprint density at radius 2 is 2.12 bits per heavy atom. The molecule has 1 aromatic carbocycles. The van der Waals surface area contributed by atoms with Crippen LogP contribution in [0.5, 0.6) is 0 Å². The maximum atomic E-state index is 11.9. The molecule has 1 aromatic rings. The van der Waals surface area contributed by atoms with E-state index in [0.29, 0.717) is 24.2 Å². The normalized spacial score (nSPS) is 9.71. The Hall–Kier alpha value is -1.86. The standard InChI is InChI=1S/C13H17N3O/c1-16(13(17)8-4-5-9-14)12-7-3-2-6-11(12)10-15/h2-3,6-7H,4-5,8-9,14H2,1H3. The van der Waals surface area contributed by atoms with Crippen LogP contribution in [0.15, 0.2) is 24.3 Å². The summed E-state index contributed by atoms with van der Waals surface area (Å²) in [6.45, 7) is 0.603. The van der Waals surface area contributed by atoms with Gasteiger partial charge in [-0.15, -0.1) is 0 Å². The van der Waals surface area contributed by atoms with Crippen molar-refractivity contribution in [1.82, 2.24) is 0 Å². The molecule has 90 valence electrons. The fourth-order valence-corrected chi connectivity index (χ4v) is 1.58. The van der Waals surface area contributed by atoms with Crippen LogP contribution < -0.4 is 10.6 Å². The first-order valence-electron chi connectivity index (χ1n) is 5.66. The predicted molar refractivity (Wildman–Crippen MR) is 67.5 cm³/mol. The molecule has 1 rings (SSSR count). The summed E-state index contributed by atoms with van der Waals surface area (Å²) < 4.78 is 0. The number of nitrogens with two attached hydrogens (primary N) is 1. The van der Waals surface area contributed by atoms with Crippen molar-refractivity contribution < 1.29 is 4.79 Å². The lowest BCUT2D eigenvalue weighted by Gasteiger charge is -2.18. The Morgan fingerprint density at radius 1 is 1.41 bits per heavy atom. The van der Waals surface area contributed by atoms with Gasteiger partial charge in [0.25, 0.3) is 0 Å². The largest absolute Gasteiger partial charge is 0.330 e. The number of nitrogens with zero attached hydrogens (tertiary/aromatic N) is 2. The number of carbonyl (C=O) groups excluding carboxylic acids is 1. The highest BCUT2D eigenvalue weighted by molar-refractivity contribution is 5.94. The highest BCUT2D eigenvalue weighted by Gasteiger charge is 2.13. The summed E-state index contributed by atoms with van der Waals surface area (Å²) in [5.41, 5.74) is 6.56. The fraction of sp³-hybridized carbons (Fsp3) is 0.385. The lowest BCUT2D eigenvalue weighted by atomic mass is 10.1. The lowest BCUT2D eigenvalue weighted by molar-refractivity contribution is -0.118. The zero-order valence-corrected chi connectivity index (χ0v) is 10.0. The van der Waals surface area contributed by atoms with Crippen LogP contribution in [0.25, 0.3) is 0 Å². The third-order valence-corrected chi connectivity index (χ3v) is 2.60. The molecule has 0 aromatic heterocycles. The van der Waals surface area contributed by atoms with Crippen LogP contribution in [-0.4, -0.2) is 19.5 Å². The topological polar surface area (TPSA) is 70.1 Å². The highest BCUT2D eigenvalue weighted by atomic mass is 16.2. The third kappa shape index (κ3) is 3.58. The number of hydrogen-bond acceptors (Lipinski definition) is 3. The van der Waals surface area contributed by atoms with E-state index in [9.17, 15) is 4.79 Å². The summed E-state index contributed by atoms with van der Waals surface area (Å²) >= 11 is 0. The molecule has 0 saturated carbocycles. The van der Waals surface area contributed by atoms with E-state index in [1.54, 1.807) is 25.2 Å². The van der Waals surface area contributed by atoms with Crippen LogP contribution in [-0.2, 0) is 4.79 Å². The van der Waals surface area contributed by atoms with Crippen molar-refractivity contribution in [3.05, 3.63) is 29.8 Å². The molecular weight excluding hydrogens is 214 g/mol. The first-order chi connectivity index (χ1) is 8.20. The smallest absolute Gasteiger partial charge is 0.226 e. The first kappa shape index (κ1) is 13.2. The Kier molecular flexibility index (Phi) is 5.18. The molecule has 0 atom stereocenters. The minimum absolute atomic E-state index is 0.0150. The monoisotopic (exact) mass is 231 g/mol. The van der Waals surface area contributed by atoms with Gasteiger partial charge in [-0.05, 0) is 31.5 Å². The van der Waals surface area contributed by atoms with Gasteiger partial charge in [0.1, 0.15) is 6.07 Å². The number of anilines is 1. The number of nitriles is 1. The van der Waals surface area contributed by atoms with Crippen LogP contribution in [0.4, 0.5) is 5.69 Å². The molecule has 0 saturated heterocycles. The molecule has 0 aliphatic rings. The lowest BCUT2D eigenvalue weighted by Crippen LogP contribution is -2.26. The molecule has 0 fully saturated rings. The van der Waals surface area contributed by atoms with Gasteiger partial charge in [-0.3, -0.25) is 4.79 Å². The van der Waals surface area contributed by atoms with Crippen molar-refractivity contribution >= 4 is 11.6 Å². The van der Waals surface area contributed by atoms with Gasteiger partial charge in [-0.25, -0.2) is 0 Å². The second-order valence-electron chi connectivity index (χ2n) is 3.83. The molecule has 4 nitrogen and oxygen atoms in total. The highest BCUT2D eigenvalue weighted by Crippen LogP contribution is 2.19. The van der Waals surface area contributed by atoms with Crippen molar-refractivity contribution in [2.75, 3.05) is 18.5 Å². The number of rotatable bonds is 5. The van der Waals surface area contributed by atoms with Crippen LogP contribution in [0.1, 0.15) is 24.8 Å². The molecule has 4 heteroatoms. The van der Waals surface area contributed by atoms with Gasteiger partial charge in [0.2, 0.25) is 5.91 Å². The van der Waals surface area contributed by atoms with Gasteiger partial charge in [0, 0.05) is 13.5 Å². The summed E-state index contributed by atoms with van der Waals surface area (Å²) in [6, 6.07) is 9.18. The molecule has 0 radical (unpaired) electrons. The van der Waals surface area contributed by atoms with E-state index in [-0.39, 0.29) is 5.91 Å². The Balaban J connectivity index is 2.72. The Bertz CT molecular complexity index is 423. The SMILES string of the molecule is CN(C(=O)CCCCN)c1ccccc1C#N. The van der Waals surface area contributed by atoms with Crippen molar-refractivity contribution in [1.29, 1.82) is 5.26 Å². The van der Waals surface area contributed by atoms with Crippen LogP contribution >= 0.6 is 0 Å². The summed E-state index contributed by atoms with van der Waals surface area (Å²) in [5, 5.41) is 8.96.